The summed E-state index contributed by atoms with van der Waals surface area (Å²) in [6, 6.07) is 12.3. The van der Waals surface area contributed by atoms with Gasteiger partial charge in [0.05, 0.1) is 12.0 Å². The van der Waals surface area contributed by atoms with Crippen LogP contribution in [0.1, 0.15) is 22.7 Å². The first-order valence-corrected chi connectivity index (χ1v) is 7.40. The maximum atomic E-state index is 5.28. The average molecular weight is 285 g/mol. The summed E-state index contributed by atoms with van der Waals surface area (Å²) in [5, 5.41) is 7.96. The van der Waals surface area contributed by atoms with Gasteiger partial charge in [0.1, 0.15) is 11.6 Å². The van der Waals surface area contributed by atoms with Crippen LogP contribution in [-0.4, -0.2) is 15.2 Å². The molecule has 4 nitrogen and oxygen atoms in total. The molecule has 0 aliphatic rings. The SMILES string of the molecule is Cc1cccc(Cc2nc(SCc3ccco3)n[nH]2)c1. The molecule has 2 aromatic heterocycles. The third-order valence-electron chi connectivity index (χ3n) is 2.89. The van der Waals surface area contributed by atoms with Gasteiger partial charge in [0.15, 0.2) is 0 Å². The van der Waals surface area contributed by atoms with Crippen LogP contribution in [-0.2, 0) is 12.2 Å². The Bertz CT molecular complexity index is 676. The van der Waals surface area contributed by atoms with Crippen molar-refractivity contribution in [3.05, 3.63) is 65.4 Å². The fraction of sp³-hybridized carbons (Fsp3) is 0.200. The molecule has 0 aliphatic carbocycles. The van der Waals surface area contributed by atoms with Crippen LogP contribution in [0.4, 0.5) is 0 Å². The summed E-state index contributed by atoms with van der Waals surface area (Å²) in [5.74, 6) is 2.56. The molecule has 3 aromatic rings. The largest absolute Gasteiger partial charge is 0.468 e. The Morgan fingerprint density at radius 1 is 1.25 bits per heavy atom. The molecule has 0 bridgehead atoms. The molecule has 1 aromatic carbocycles. The van der Waals surface area contributed by atoms with Crippen LogP contribution in [0.25, 0.3) is 0 Å². The van der Waals surface area contributed by atoms with Crippen molar-refractivity contribution in [2.24, 2.45) is 0 Å². The zero-order chi connectivity index (χ0) is 13.8. The van der Waals surface area contributed by atoms with Gasteiger partial charge in [-0.25, -0.2) is 4.98 Å². The number of furan rings is 1. The van der Waals surface area contributed by atoms with Crippen molar-refractivity contribution in [3.8, 4) is 0 Å². The van der Waals surface area contributed by atoms with E-state index in [2.05, 4.69) is 46.4 Å². The predicted octanol–water partition coefficient (Wildman–Crippen LogP) is 3.59. The Labute approximate surface area is 121 Å². The van der Waals surface area contributed by atoms with Crippen LogP contribution < -0.4 is 0 Å². The number of nitrogens with one attached hydrogen (secondary N) is 1. The minimum atomic E-state index is 0.745. The van der Waals surface area contributed by atoms with Crippen molar-refractivity contribution in [1.29, 1.82) is 0 Å². The zero-order valence-corrected chi connectivity index (χ0v) is 12.0. The van der Waals surface area contributed by atoms with Gasteiger partial charge in [0, 0.05) is 6.42 Å². The van der Waals surface area contributed by atoms with Crippen molar-refractivity contribution in [1.82, 2.24) is 15.2 Å². The summed E-state index contributed by atoms with van der Waals surface area (Å²) in [6.45, 7) is 2.09. The highest BCUT2D eigenvalue weighted by atomic mass is 32.2. The number of benzene rings is 1. The van der Waals surface area contributed by atoms with E-state index in [1.54, 1.807) is 18.0 Å². The van der Waals surface area contributed by atoms with E-state index in [1.807, 2.05) is 12.1 Å². The summed E-state index contributed by atoms with van der Waals surface area (Å²) >= 11 is 1.57. The predicted molar refractivity (Wildman–Crippen MR) is 78.6 cm³/mol. The van der Waals surface area contributed by atoms with Crippen molar-refractivity contribution in [3.63, 3.8) is 0 Å². The van der Waals surface area contributed by atoms with Gasteiger partial charge in [-0.2, -0.15) is 0 Å². The van der Waals surface area contributed by atoms with Crippen molar-refractivity contribution < 1.29 is 4.42 Å². The summed E-state index contributed by atoms with van der Waals surface area (Å²) in [4.78, 5) is 4.49. The number of aryl methyl sites for hydroxylation is 1. The molecule has 2 heterocycles. The third-order valence-corrected chi connectivity index (χ3v) is 3.76. The lowest BCUT2D eigenvalue weighted by atomic mass is 10.1. The van der Waals surface area contributed by atoms with Crippen LogP contribution in [0.5, 0.6) is 0 Å². The molecule has 3 rings (SSSR count). The smallest absolute Gasteiger partial charge is 0.208 e. The Morgan fingerprint density at radius 2 is 2.20 bits per heavy atom. The van der Waals surface area contributed by atoms with Gasteiger partial charge in [-0.15, -0.1) is 5.10 Å². The topological polar surface area (TPSA) is 54.7 Å². The molecule has 0 radical (unpaired) electrons. The molecule has 0 unspecified atom stereocenters. The standard InChI is InChI=1S/C15H15N3OS/c1-11-4-2-5-12(8-11)9-14-16-15(18-17-14)20-10-13-6-3-7-19-13/h2-8H,9-10H2,1H3,(H,16,17,18). The van der Waals surface area contributed by atoms with Crippen LogP contribution in [0, 0.1) is 6.92 Å². The monoisotopic (exact) mass is 285 g/mol. The second kappa shape index (κ2) is 5.96. The fourth-order valence-corrected chi connectivity index (χ4v) is 2.69. The summed E-state index contributed by atoms with van der Waals surface area (Å²) in [5.41, 5.74) is 2.50. The van der Waals surface area contributed by atoms with Crippen LogP contribution in [0.3, 0.4) is 0 Å². The van der Waals surface area contributed by atoms with E-state index >= 15 is 0 Å². The number of hydrogen-bond donors (Lipinski definition) is 1. The maximum absolute atomic E-state index is 5.28. The Balaban J connectivity index is 1.62. The van der Waals surface area contributed by atoms with Crippen molar-refractivity contribution >= 4 is 11.8 Å². The molecule has 0 saturated heterocycles. The minimum Gasteiger partial charge on any atom is -0.468 e. The molecule has 1 N–H and O–H groups in total. The number of thioether (sulfide) groups is 1. The average Bonchev–Trinajstić information content (AvgIpc) is 3.07. The lowest BCUT2D eigenvalue weighted by molar-refractivity contribution is 0.530. The zero-order valence-electron chi connectivity index (χ0n) is 11.2. The van der Waals surface area contributed by atoms with Crippen molar-refractivity contribution in [2.75, 3.05) is 0 Å². The van der Waals surface area contributed by atoms with Gasteiger partial charge in [0.2, 0.25) is 5.16 Å². The van der Waals surface area contributed by atoms with Gasteiger partial charge in [-0.1, -0.05) is 41.6 Å². The molecule has 0 fully saturated rings. The molecule has 20 heavy (non-hydrogen) atoms. The first-order chi connectivity index (χ1) is 9.79. The molecule has 0 aliphatic heterocycles. The third kappa shape index (κ3) is 3.30. The maximum Gasteiger partial charge on any atom is 0.208 e. The Kier molecular flexibility index (Phi) is 3.87. The second-order valence-electron chi connectivity index (χ2n) is 4.60. The minimum absolute atomic E-state index is 0.745. The molecular formula is C15H15N3OS. The summed E-state index contributed by atoms with van der Waals surface area (Å²) in [6.07, 6.45) is 2.45. The van der Waals surface area contributed by atoms with Gasteiger partial charge in [-0.3, -0.25) is 5.10 Å². The molecule has 5 heteroatoms. The van der Waals surface area contributed by atoms with Gasteiger partial charge < -0.3 is 4.42 Å². The van der Waals surface area contributed by atoms with E-state index in [-0.39, 0.29) is 0 Å². The van der Waals surface area contributed by atoms with E-state index in [9.17, 15) is 0 Å². The van der Waals surface area contributed by atoms with E-state index < -0.39 is 0 Å². The number of nitrogens with zero attached hydrogens (tertiary/aromatic N) is 2. The lowest BCUT2D eigenvalue weighted by Crippen LogP contribution is -1.91. The van der Waals surface area contributed by atoms with E-state index in [4.69, 9.17) is 4.42 Å². The number of aromatic nitrogens is 3. The molecule has 102 valence electrons. The first-order valence-electron chi connectivity index (χ1n) is 6.41. The molecule has 0 amide bonds. The second-order valence-corrected chi connectivity index (χ2v) is 5.54. The Morgan fingerprint density at radius 3 is 3.00 bits per heavy atom. The quantitative estimate of drug-likeness (QED) is 0.728. The summed E-state index contributed by atoms with van der Waals surface area (Å²) in [7, 11) is 0. The Hall–Kier alpha value is -2.01. The summed E-state index contributed by atoms with van der Waals surface area (Å²) < 4.78 is 5.28. The van der Waals surface area contributed by atoms with Crippen LogP contribution in [0.2, 0.25) is 0 Å². The number of aromatic amines is 1. The fourth-order valence-electron chi connectivity index (χ4n) is 1.97. The van der Waals surface area contributed by atoms with Crippen LogP contribution >= 0.6 is 11.8 Å². The molecule has 0 atom stereocenters. The molecular weight excluding hydrogens is 270 g/mol. The van der Waals surface area contributed by atoms with Gasteiger partial charge in [-0.05, 0) is 24.6 Å². The van der Waals surface area contributed by atoms with E-state index in [0.717, 1.165) is 28.9 Å². The number of H-pyrrole nitrogens is 1. The lowest BCUT2D eigenvalue weighted by Gasteiger charge is -1.98. The normalized spacial score (nSPS) is 10.8. The highest BCUT2D eigenvalue weighted by Crippen LogP contribution is 2.19. The highest BCUT2D eigenvalue weighted by molar-refractivity contribution is 7.98. The number of rotatable bonds is 5. The van der Waals surface area contributed by atoms with E-state index in [0.29, 0.717) is 0 Å². The molecule has 0 spiro atoms. The first kappa shape index (κ1) is 13.0. The van der Waals surface area contributed by atoms with Crippen LogP contribution in [0.15, 0.2) is 52.2 Å². The van der Waals surface area contributed by atoms with E-state index in [1.165, 1.54) is 11.1 Å². The van der Waals surface area contributed by atoms with Gasteiger partial charge in [0.25, 0.3) is 0 Å². The highest BCUT2D eigenvalue weighted by Gasteiger charge is 2.06. The van der Waals surface area contributed by atoms with Crippen molar-refractivity contribution in [2.45, 2.75) is 24.3 Å². The van der Waals surface area contributed by atoms with Gasteiger partial charge >= 0.3 is 0 Å². The number of hydrogen-bond acceptors (Lipinski definition) is 4. The molecule has 0 saturated carbocycles.